The van der Waals surface area contributed by atoms with E-state index in [2.05, 4.69) is 82.7 Å². The summed E-state index contributed by atoms with van der Waals surface area (Å²) < 4.78 is 4.52. The van der Waals surface area contributed by atoms with Crippen LogP contribution in [0.5, 0.6) is 0 Å². The van der Waals surface area contributed by atoms with E-state index in [1.165, 1.54) is 9.26 Å². The monoisotopic (exact) mass is 404 g/mol. The van der Waals surface area contributed by atoms with Gasteiger partial charge >= 0.3 is 0 Å². The van der Waals surface area contributed by atoms with E-state index in [0.717, 1.165) is 3.70 Å². The Balaban J connectivity index is 3.22. The molecule has 0 fully saturated rings. The van der Waals surface area contributed by atoms with E-state index in [9.17, 15) is 0 Å². The van der Waals surface area contributed by atoms with Crippen LogP contribution in [0.1, 0.15) is 45.2 Å². The van der Waals surface area contributed by atoms with Crippen molar-refractivity contribution >= 4 is 45.2 Å². The first-order chi connectivity index (χ1) is 5.95. The first-order valence-electron chi connectivity index (χ1n) is 4.38. The van der Waals surface area contributed by atoms with E-state index >= 15 is 0 Å². The first kappa shape index (κ1) is 11.7. The van der Waals surface area contributed by atoms with E-state index in [-0.39, 0.29) is 0 Å². The van der Waals surface area contributed by atoms with Crippen LogP contribution < -0.4 is 0 Å². The van der Waals surface area contributed by atoms with Gasteiger partial charge in [-0.25, -0.2) is 0 Å². The highest BCUT2D eigenvalue weighted by atomic mass is 127. The lowest BCUT2D eigenvalue weighted by Gasteiger charge is -2.08. The summed E-state index contributed by atoms with van der Waals surface area (Å²) in [6.07, 6.45) is 0. The Morgan fingerprint density at radius 1 is 1.15 bits per heavy atom. The standard InChI is InChI=1S/C9H14I2N2/c1-5(2)7-8(10)12-13(6(3)4)9(7)11/h5-6H,1-4H3. The fourth-order valence-corrected chi connectivity index (χ4v) is 4.39. The zero-order chi connectivity index (χ0) is 10.2. The number of rotatable bonds is 2. The SMILES string of the molecule is CC(C)c1c(I)nn(C(C)C)c1I. The zero-order valence-electron chi connectivity index (χ0n) is 8.31. The molecule has 1 heterocycles. The molecule has 0 saturated carbocycles. The average molecular weight is 404 g/mol. The summed E-state index contributed by atoms with van der Waals surface area (Å²) in [6.45, 7) is 8.75. The zero-order valence-corrected chi connectivity index (χ0v) is 12.6. The van der Waals surface area contributed by atoms with Crippen LogP contribution in [-0.4, -0.2) is 9.78 Å². The largest absolute Gasteiger partial charge is 0.256 e. The smallest absolute Gasteiger partial charge is 0.127 e. The second-order valence-electron chi connectivity index (χ2n) is 3.69. The molecule has 0 saturated heterocycles. The predicted molar refractivity (Wildman–Crippen MR) is 72.1 cm³/mol. The molecule has 0 radical (unpaired) electrons. The van der Waals surface area contributed by atoms with E-state index in [1.807, 2.05) is 0 Å². The molecule has 1 aromatic rings. The van der Waals surface area contributed by atoms with Crippen LogP contribution in [0, 0.1) is 7.40 Å². The second kappa shape index (κ2) is 4.46. The molecule has 0 unspecified atom stereocenters. The Bertz CT molecular complexity index is 303. The Hall–Kier alpha value is 0.670. The fraction of sp³-hybridized carbons (Fsp3) is 0.667. The van der Waals surface area contributed by atoms with Gasteiger partial charge in [-0.2, -0.15) is 5.10 Å². The van der Waals surface area contributed by atoms with Gasteiger partial charge in [0.2, 0.25) is 0 Å². The highest BCUT2D eigenvalue weighted by molar-refractivity contribution is 14.1. The number of nitrogens with zero attached hydrogens (tertiary/aromatic N) is 2. The third-order valence-corrected chi connectivity index (χ3v) is 3.78. The maximum Gasteiger partial charge on any atom is 0.127 e. The van der Waals surface area contributed by atoms with Crippen LogP contribution in [0.4, 0.5) is 0 Å². The van der Waals surface area contributed by atoms with Gasteiger partial charge in [0, 0.05) is 11.6 Å². The summed E-state index contributed by atoms with van der Waals surface area (Å²) in [5, 5.41) is 4.53. The fourth-order valence-electron chi connectivity index (χ4n) is 1.22. The Morgan fingerprint density at radius 3 is 1.92 bits per heavy atom. The lowest BCUT2D eigenvalue weighted by Crippen LogP contribution is -2.05. The number of hydrogen-bond donors (Lipinski definition) is 0. The van der Waals surface area contributed by atoms with Gasteiger partial charge < -0.3 is 0 Å². The summed E-state index contributed by atoms with van der Waals surface area (Å²) >= 11 is 4.71. The van der Waals surface area contributed by atoms with Crippen molar-refractivity contribution in [3.63, 3.8) is 0 Å². The predicted octanol–water partition coefficient (Wildman–Crippen LogP) is 3.80. The van der Waals surface area contributed by atoms with Gasteiger partial charge in [-0.05, 0) is 64.9 Å². The van der Waals surface area contributed by atoms with Crippen LogP contribution in [0.15, 0.2) is 0 Å². The molecule has 0 atom stereocenters. The van der Waals surface area contributed by atoms with Crippen molar-refractivity contribution in [1.29, 1.82) is 0 Å². The van der Waals surface area contributed by atoms with Gasteiger partial charge in [0.25, 0.3) is 0 Å². The normalized spacial score (nSPS) is 11.7. The van der Waals surface area contributed by atoms with Crippen LogP contribution in [0.25, 0.3) is 0 Å². The summed E-state index contributed by atoms with van der Waals surface area (Å²) in [5.74, 6) is 0.561. The molecular formula is C9H14I2N2. The molecule has 0 bridgehead atoms. The molecule has 0 amide bonds. The molecule has 0 aliphatic heterocycles. The molecule has 1 rings (SSSR count). The minimum atomic E-state index is 0.452. The summed E-state index contributed by atoms with van der Waals surface area (Å²) in [6, 6.07) is 0.452. The van der Waals surface area contributed by atoms with Crippen molar-refractivity contribution in [3.8, 4) is 0 Å². The van der Waals surface area contributed by atoms with Crippen molar-refractivity contribution in [1.82, 2.24) is 9.78 Å². The highest BCUT2D eigenvalue weighted by Crippen LogP contribution is 2.27. The van der Waals surface area contributed by atoms with Gasteiger partial charge in [-0.3, -0.25) is 4.68 Å². The van der Waals surface area contributed by atoms with Gasteiger partial charge in [0.1, 0.15) is 7.40 Å². The van der Waals surface area contributed by atoms with Gasteiger partial charge in [-0.1, -0.05) is 13.8 Å². The molecule has 4 heteroatoms. The molecule has 0 aliphatic carbocycles. The summed E-state index contributed by atoms with van der Waals surface area (Å²) in [7, 11) is 0. The third kappa shape index (κ3) is 2.37. The maximum atomic E-state index is 4.53. The van der Waals surface area contributed by atoms with Gasteiger partial charge in [0.15, 0.2) is 0 Å². The van der Waals surface area contributed by atoms with Crippen molar-refractivity contribution in [2.75, 3.05) is 0 Å². The molecule has 0 spiro atoms. The van der Waals surface area contributed by atoms with E-state index in [0.29, 0.717) is 12.0 Å². The van der Waals surface area contributed by atoms with E-state index in [4.69, 9.17) is 0 Å². The molecular weight excluding hydrogens is 390 g/mol. The second-order valence-corrected chi connectivity index (χ2v) is 5.73. The molecule has 0 N–H and O–H groups in total. The summed E-state index contributed by atoms with van der Waals surface area (Å²) in [4.78, 5) is 0. The Labute approximate surface area is 107 Å². The number of halogens is 2. The number of aromatic nitrogens is 2. The Morgan fingerprint density at radius 2 is 1.69 bits per heavy atom. The molecule has 2 nitrogen and oxygen atoms in total. The van der Waals surface area contributed by atoms with Gasteiger partial charge in [0.05, 0.1) is 0 Å². The molecule has 13 heavy (non-hydrogen) atoms. The first-order valence-corrected chi connectivity index (χ1v) is 6.54. The maximum absolute atomic E-state index is 4.53. The van der Waals surface area contributed by atoms with Gasteiger partial charge in [-0.15, -0.1) is 0 Å². The van der Waals surface area contributed by atoms with Crippen molar-refractivity contribution in [2.24, 2.45) is 0 Å². The quantitative estimate of drug-likeness (QED) is 0.687. The van der Waals surface area contributed by atoms with E-state index in [1.54, 1.807) is 0 Å². The average Bonchev–Trinajstić information content (AvgIpc) is 2.26. The third-order valence-electron chi connectivity index (χ3n) is 1.91. The molecule has 74 valence electrons. The molecule has 0 aromatic carbocycles. The lowest BCUT2D eigenvalue weighted by atomic mass is 10.1. The van der Waals surface area contributed by atoms with Crippen LogP contribution in [0.3, 0.4) is 0 Å². The van der Waals surface area contributed by atoms with Crippen molar-refractivity contribution in [2.45, 2.75) is 39.7 Å². The van der Waals surface area contributed by atoms with Crippen molar-refractivity contribution < 1.29 is 0 Å². The molecule has 0 aliphatic rings. The molecule has 1 aromatic heterocycles. The van der Waals surface area contributed by atoms with Crippen LogP contribution in [-0.2, 0) is 0 Å². The van der Waals surface area contributed by atoms with E-state index < -0.39 is 0 Å². The highest BCUT2D eigenvalue weighted by Gasteiger charge is 2.17. The lowest BCUT2D eigenvalue weighted by molar-refractivity contribution is 0.517. The Kier molecular flexibility index (Phi) is 4.03. The minimum absolute atomic E-state index is 0.452. The topological polar surface area (TPSA) is 17.8 Å². The van der Waals surface area contributed by atoms with Crippen LogP contribution >= 0.6 is 45.2 Å². The minimum Gasteiger partial charge on any atom is -0.256 e. The number of hydrogen-bond acceptors (Lipinski definition) is 1. The van der Waals surface area contributed by atoms with Crippen molar-refractivity contribution in [3.05, 3.63) is 13.0 Å². The summed E-state index contributed by atoms with van der Waals surface area (Å²) in [5.41, 5.74) is 1.38. The van der Waals surface area contributed by atoms with Crippen LogP contribution in [0.2, 0.25) is 0 Å².